The van der Waals surface area contributed by atoms with Gasteiger partial charge >= 0.3 is 0 Å². The van der Waals surface area contributed by atoms with E-state index in [0.717, 1.165) is 62.2 Å². The van der Waals surface area contributed by atoms with Crippen LogP contribution in [0.1, 0.15) is 53.6 Å². The van der Waals surface area contributed by atoms with E-state index in [0.29, 0.717) is 40.3 Å². The lowest BCUT2D eigenvalue weighted by Gasteiger charge is -2.26. The fourth-order valence-electron chi connectivity index (χ4n) is 5.59. The molecule has 0 spiro atoms. The fraction of sp³-hybridized carbons (Fsp3) is 0.343. The summed E-state index contributed by atoms with van der Waals surface area (Å²) in [4.78, 5) is 35.4. The number of piperidine rings is 1. The maximum atomic E-state index is 13.6. The predicted molar refractivity (Wildman–Crippen MR) is 173 cm³/mol. The van der Waals surface area contributed by atoms with E-state index in [4.69, 9.17) is 19.2 Å². The van der Waals surface area contributed by atoms with Crippen molar-refractivity contribution >= 4 is 40.5 Å². The molecule has 0 saturated carbocycles. The molecule has 0 aliphatic carbocycles. The lowest BCUT2D eigenvalue weighted by molar-refractivity contribution is -0.123. The van der Waals surface area contributed by atoms with Crippen LogP contribution in [0.2, 0.25) is 0 Å². The number of ether oxygens (including phenoxy) is 3. The van der Waals surface area contributed by atoms with Crippen LogP contribution in [0.25, 0.3) is 6.08 Å². The molecule has 2 amide bonds. The van der Waals surface area contributed by atoms with Crippen LogP contribution in [0.3, 0.4) is 0 Å². The zero-order valence-corrected chi connectivity index (χ0v) is 25.8. The minimum absolute atomic E-state index is 0.0164. The molecule has 3 aliphatic heterocycles. The smallest absolute Gasteiger partial charge is 0.266 e. The van der Waals surface area contributed by atoms with E-state index in [1.54, 1.807) is 12.0 Å². The largest absolute Gasteiger partial charge is 0.493 e. The molecule has 0 bridgehead atoms. The van der Waals surface area contributed by atoms with Crippen molar-refractivity contribution in [2.75, 3.05) is 33.4 Å². The van der Waals surface area contributed by atoms with Crippen molar-refractivity contribution in [1.29, 1.82) is 0 Å². The monoisotopic (exact) mass is 611 g/mol. The van der Waals surface area contributed by atoms with Gasteiger partial charge in [-0.1, -0.05) is 36.4 Å². The van der Waals surface area contributed by atoms with Gasteiger partial charge in [0.05, 0.1) is 30.4 Å². The molecule has 3 saturated heterocycles. The van der Waals surface area contributed by atoms with Gasteiger partial charge in [0.15, 0.2) is 16.7 Å². The third-order valence-corrected chi connectivity index (χ3v) is 9.01. The Morgan fingerprint density at radius 3 is 2.52 bits per heavy atom. The molecule has 0 N–H and O–H groups in total. The van der Waals surface area contributed by atoms with Crippen molar-refractivity contribution in [2.45, 2.75) is 44.8 Å². The van der Waals surface area contributed by atoms with Crippen LogP contribution in [-0.4, -0.2) is 66.2 Å². The summed E-state index contributed by atoms with van der Waals surface area (Å²) in [5.41, 5.74) is 3.28. The maximum absolute atomic E-state index is 13.6. The molecule has 6 rings (SSSR count). The summed E-state index contributed by atoms with van der Waals surface area (Å²) in [6.07, 6.45) is 7.16. The molecule has 3 aromatic carbocycles. The molecule has 9 heteroatoms. The number of rotatable bonds is 9. The number of amides is 2. The number of carbonyl (C=O) groups excluding carboxylic acids is 2. The molecule has 44 heavy (non-hydrogen) atoms. The van der Waals surface area contributed by atoms with Crippen LogP contribution in [0.4, 0.5) is 5.69 Å². The van der Waals surface area contributed by atoms with Crippen molar-refractivity contribution in [1.82, 2.24) is 9.80 Å². The van der Waals surface area contributed by atoms with E-state index in [-0.39, 0.29) is 17.9 Å². The Hall–Kier alpha value is -4.08. The van der Waals surface area contributed by atoms with E-state index < -0.39 is 0 Å². The summed E-state index contributed by atoms with van der Waals surface area (Å²) in [5, 5.41) is 0.651. The Bertz CT molecular complexity index is 1530. The van der Waals surface area contributed by atoms with Crippen LogP contribution < -0.4 is 9.47 Å². The van der Waals surface area contributed by atoms with Crippen LogP contribution in [0, 0.1) is 0 Å². The van der Waals surface area contributed by atoms with Gasteiger partial charge in [0.2, 0.25) is 0 Å². The molecule has 1 atom stereocenters. The van der Waals surface area contributed by atoms with Gasteiger partial charge in [-0.15, -0.1) is 0 Å². The lowest BCUT2D eigenvalue weighted by atomic mass is 10.1. The summed E-state index contributed by atoms with van der Waals surface area (Å²) in [6.45, 7) is 3.21. The van der Waals surface area contributed by atoms with Crippen LogP contribution in [0.5, 0.6) is 11.5 Å². The second kappa shape index (κ2) is 14.1. The van der Waals surface area contributed by atoms with Gasteiger partial charge in [0.25, 0.3) is 11.8 Å². The zero-order chi connectivity index (χ0) is 30.3. The van der Waals surface area contributed by atoms with Crippen molar-refractivity contribution in [3.8, 4) is 11.5 Å². The zero-order valence-electron chi connectivity index (χ0n) is 24.9. The van der Waals surface area contributed by atoms with Crippen molar-refractivity contribution in [3.05, 3.63) is 94.4 Å². The van der Waals surface area contributed by atoms with Gasteiger partial charge in [-0.05, 0) is 97.5 Å². The average molecular weight is 612 g/mol. The third-order valence-electron chi connectivity index (χ3n) is 8.00. The first kappa shape index (κ1) is 30.0. The van der Waals surface area contributed by atoms with Gasteiger partial charge in [-0.3, -0.25) is 14.5 Å². The summed E-state index contributed by atoms with van der Waals surface area (Å²) in [7, 11) is 1.60. The van der Waals surface area contributed by atoms with Gasteiger partial charge in [0.1, 0.15) is 6.61 Å². The number of aliphatic imine (C=N–C) groups is 1. The maximum Gasteiger partial charge on any atom is 0.266 e. The normalized spacial score (nSPS) is 20.5. The van der Waals surface area contributed by atoms with E-state index in [1.807, 2.05) is 83.8 Å². The predicted octanol–water partition coefficient (Wildman–Crippen LogP) is 6.68. The number of nitrogens with zero attached hydrogens (tertiary/aromatic N) is 3. The number of likely N-dealkylation sites (tertiary alicyclic amines) is 1. The molecular weight excluding hydrogens is 574 g/mol. The summed E-state index contributed by atoms with van der Waals surface area (Å²) < 4.78 is 17.6. The Morgan fingerprint density at radius 1 is 1.00 bits per heavy atom. The molecule has 0 unspecified atom stereocenters. The SMILES string of the molecule is COc1cc(/C=C2\SC(=Nc3ccccc3)N(C[C@@H]3CCCO3)C2=O)ccc1OCc1ccc(C(=O)N2CCCCC2)cc1. The minimum atomic E-state index is -0.0818. The second-order valence-electron chi connectivity index (χ2n) is 11.1. The fourth-order valence-corrected chi connectivity index (χ4v) is 6.59. The molecule has 0 radical (unpaired) electrons. The van der Waals surface area contributed by atoms with Gasteiger partial charge < -0.3 is 19.1 Å². The first-order chi connectivity index (χ1) is 21.6. The standard InChI is InChI=1S/C35H37N3O5S/c1-41-31-21-26(14-17-30(31)43-24-25-12-15-27(16-13-25)33(39)37-18-6-3-7-19-37)22-32-34(40)38(23-29-11-8-20-42-29)35(44-32)36-28-9-4-2-5-10-28/h2,4-5,9-10,12-17,21-22,29H,3,6-8,11,18-20,23-24H2,1H3/b32-22-,36-35?/t29-/m0/s1. The Labute approximate surface area is 262 Å². The Kier molecular flexibility index (Phi) is 9.63. The summed E-state index contributed by atoms with van der Waals surface area (Å²) >= 11 is 1.37. The number of para-hydroxylation sites is 1. The number of amidine groups is 1. The van der Waals surface area contributed by atoms with E-state index in [9.17, 15) is 9.59 Å². The molecule has 228 valence electrons. The quantitative estimate of drug-likeness (QED) is 0.251. The average Bonchev–Trinajstić information content (AvgIpc) is 3.69. The number of benzene rings is 3. The highest BCUT2D eigenvalue weighted by atomic mass is 32.2. The summed E-state index contributed by atoms with van der Waals surface area (Å²) in [6, 6.07) is 22.9. The number of hydrogen-bond acceptors (Lipinski definition) is 7. The topological polar surface area (TPSA) is 80.7 Å². The highest BCUT2D eigenvalue weighted by molar-refractivity contribution is 8.18. The number of hydrogen-bond donors (Lipinski definition) is 0. The van der Waals surface area contributed by atoms with E-state index in [2.05, 4.69) is 0 Å². The Morgan fingerprint density at radius 2 is 1.80 bits per heavy atom. The molecule has 3 aliphatic rings. The van der Waals surface area contributed by atoms with Gasteiger partial charge in [-0.2, -0.15) is 0 Å². The highest BCUT2D eigenvalue weighted by Gasteiger charge is 2.36. The first-order valence-corrected chi connectivity index (χ1v) is 16.0. The highest BCUT2D eigenvalue weighted by Crippen LogP contribution is 2.37. The van der Waals surface area contributed by atoms with Crippen LogP contribution in [0.15, 0.2) is 82.7 Å². The third kappa shape index (κ3) is 7.17. The minimum Gasteiger partial charge on any atom is -0.493 e. The van der Waals surface area contributed by atoms with Crippen molar-refractivity contribution < 1.29 is 23.8 Å². The van der Waals surface area contributed by atoms with E-state index in [1.165, 1.54) is 18.2 Å². The lowest BCUT2D eigenvalue weighted by Crippen LogP contribution is -2.36. The molecule has 3 aromatic rings. The van der Waals surface area contributed by atoms with Crippen molar-refractivity contribution in [2.24, 2.45) is 4.99 Å². The molecule has 8 nitrogen and oxygen atoms in total. The number of carbonyl (C=O) groups is 2. The van der Waals surface area contributed by atoms with Crippen LogP contribution >= 0.6 is 11.8 Å². The summed E-state index contributed by atoms with van der Waals surface area (Å²) in [5.74, 6) is 1.18. The first-order valence-electron chi connectivity index (χ1n) is 15.2. The van der Waals surface area contributed by atoms with E-state index >= 15 is 0 Å². The molecule has 3 heterocycles. The van der Waals surface area contributed by atoms with Crippen LogP contribution in [-0.2, 0) is 16.1 Å². The molecule has 0 aromatic heterocycles. The van der Waals surface area contributed by atoms with Crippen molar-refractivity contribution in [3.63, 3.8) is 0 Å². The molecule has 3 fully saturated rings. The Balaban J connectivity index is 1.14. The number of thioether (sulfide) groups is 1. The second-order valence-corrected chi connectivity index (χ2v) is 12.1. The number of methoxy groups -OCH3 is 1. The van der Waals surface area contributed by atoms with Gasteiger partial charge in [0, 0.05) is 25.3 Å². The molecular formula is C35H37N3O5S. The van der Waals surface area contributed by atoms with Gasteiger partial charge in [-0.25, -0.2) is 4.99 Å².